The van der Waals surface area contributed by atoms with Crippen LogP contribution in [0.15, 0.2) is 47.4 Å². The first kappa shape index (κ1) is 23.5. The molecule has 1 aliphatic rings. The zero-order chi connectivity index (χ0) is 22.6. The largest absolute Gasteiger partial charge is 0.496 e. The third-order valence-electron chi connectivity index (χ3n) is 5.34. The second kappa shape index (κ2) is 9.99. The average Bonchev–Trinajstić information content (AvgIpc) is 2.79. The van der Waals surface area contributed by atoms with E-state index in [2.05, 4.69) is 0 Å². The number of carbonyl (C=O) groups is 1. The maximum atomic E-state index is 13.4. The summed E-state index contributed by atoms with van der Waals surface area (Å²) in [7, 11) is -2.24. The summed E-state index contributed by atoms with van der Waals surface area (Å²) in [5.41, 5.74) is 1.14. The number of halogens is 1. The van der Waals surface area contributed by atoms with Crippen molar-refractivity contribution in [2.75, 3.05) is 39.9 Å². The molecule has 0 radical (unpaired) electrons. The monoisotopic (exact) mass is 466 g/mol. The van der Waals surface area contributed by atoms with Gasteiger partial charge in [0, 0.05) is 24.7 Å². The predicted molar refractivity (Wildman–Crippen MR) is 119 cm³/mol. The molecule has 1 amide bonds. The van der Waals surface area contributed by atoms with Crippen LogP contribution in [-0.2, 0) is 14.8 Å². The van der Waals surface area contributed by atoms with Crippen molar-refractivity contribution in [2.24, 2.45) is 0 Å². The molecule has 0 saturated carbocycles. The van der Waals surface area contributed by atoms with E-state index in [1.807, 2.05) is 12.1 Å². The van der Waals surface area contributed by atoms with Crippen molar-refractivity contribution in [1.82, 2.24) is 9.21 Å². The Kier molecular flexibility index (Phi) is 7.59. The number of morpholine rings is 1. The highest BCUT2D eigenvalue weighted by molar-refractivity contribution is 7.89. The van der Waals surface area contributed by atoms with Gasteiger partial charge in [0.15, 0.2) is 0 Å². The molecule has 1 saturated heterocycles. The molecule has 0 N–H and O–H groups in total. The Morgan fingerprint density at radius 3 is 2.48 bits per heavy atom. The molecule has 31 heavy (non-hydrogen) atoms. The number of ether oxygens (including phenoxy) is 2. The van der Waals surface area contributed by atoms with Crippen LogP contribution in [0, 0.1) is 0 Å². The Hall–Kier alpha value is -2.13. The van der Waals surface area contributed by atoms with Gasteiger partial charge in [-0.05, 0) is 35.9 Å². The van der Waals surface area contributed by atoms with Crippen LogP contribution in [0.5, 0.6) is 5.75 Å². The number of amides is 1. The van der Waals surface area contributed by atoms with Crippen LogP contribution in [0.4, 0.5) is 0 Å². The fourth-order valence-corrected chi connectivity index (χ4v) is 5.22. The van der Waals surface area contributed by atoms with Crippen LogP contribution in [0.2, 0.25) is 5.02 Å². The van der Waals surface area contributed by atoms with E-state index in [-0.39, 0.29) is 22.5 Å². The molecule has 9 heteroatoms. The maximum Gasteiger partial charge on any atom is 0.257 e. The summed E-state index contributed by atoms with van der Waals surface area (Å²) in [4.78, 5) is 15.1. The van der Waals surface area contributed by atoms with Gasteiger partial charge in [-0.2, -0.15) is 4.31 Å². The topological polar surface area (TPSA) is 76.2 Å². The number of nitrogens with zero attached hydrogens (tertiary/aromatic N) is 2. The standard InChI is InChI=1S/C22H27ClN2O5S/c1-4-25(5-2)31(27,28)18-10-11-20(29-3)19(14-18)22(26)24-12-13-30-21(15-24)16-6-8-17(23)9-7-16/h6-11,14,21H,4-5,12-13,15H2,1-3H3. The molecular weight excluding hydrogens is 440 g/mol. The lowest BCUT2D eigenvalue weighted by Crippen LogP contribution is -2.42. The lowest BCUT2D eigenvalue weighted by atomic mass is 10.1. The average molecular weight is 467 g/mol. The van der Waals surface area contributed by atoms with Gasteiger partial charge in [-0.25, -0.2) is 8.42 Å². The van der Waals surface area contributed by atoms with E-state index in [0.29, 0.717) is 43.6 Å². The predicted octanol–water partition coefficient (Wildman–Crippen LogP) is 3.59. The Balaban J connectivity index is 1.90. The third-order valence-corrected chi connectivity index (χ3v) is 7.64. The molecule has 7 nitrogen and oxygen atoms in total. The van der Waals surface area contributed by atoms with Gasteiger partial charge in [-0.3, -0.25) is 4.79 Å². The second-order valence-electron chi connectivity index (χ2n) is 7.11. The van der Waals surface area contributed by atoms with Crippen LogP contribution in [0.25, 0.3) is 0 Å². The summed E-state index contributed by atoms with van der Waals surface area (Å²) in [5.74, 6) is 0.0359. The quantitative estimate of drug-likeness (QED) is 0.623. The molecule has 1 fully saturated rings. The summed E-state index contributed by atoms with van der Waals surface area (Å²) in [6.07, 6.45) is -0.288. The first-order valence-corrected chi connectivity index (χ1v) is 12.0. The lowest BCUT2D eigenvalue weighted by molar-refractivity contribution is -0.0229. The van der Waals surface area contributed by atoms with Crippen molar-refractivity contribution in [3.63, 3.8) is 0 Å². The summed E-state index contributed by atoms with van der Waals surface area (Å²) in [5, 5.41) is 0.628. The zero-order valence-electron chi connectivity index (χ0n) is 17.9. The Labute approximate surface area is 188 Å². The maximum absolute atomic E-state index is 13.4. The molecule has 1 unspecified atom stereocenters. The molecule has 1 atom stereocenters. The summed E-state index contributed by atoms with van der Waals surface area (Å²) < 4.78 is 38.4. The molecule has 0 aromatic heterocycles. The molecule has 2 aromatic rings. The van der Waals surface area contributed by atoms with Gasteiger partial charge < -0.3 is 14.4 Å². The minimum absolute atomic E-state index is 0.0721. The number of benzene rings is 2. The van der Waals surface area contributed by atoms with Gasteiger partial charge in [0.25, 0.3) is 5.91 Å². The zero-order valence-corrected chi connectivity index (χ0v) is 19.4. The number of carbonyl (C=O) groups excluding carboxylic acids is 1. The van der Waals surface area contributed by atoms with E-state index in [4.69, 9.17) is 21.1 Å². The van der Waals surface area contributed by atoms with E-state index in [1.54, 1.807) is 30.9 Å². The van der Waals surface area contributed by atoms with E-state index >= 15 is 0 Å². The molecule has 3 rings (SSSR count). The lowest BCUT2D eigenvalue weighted by Gasteiger charge is -2.33. The highest BCUT2D eigenvalue weighted by Crippen LogP contribution is 2.29. The molecular formula is C22H27ClN2O5S. The first-order valence-electron chi connectivity index (χ1n) is 10.2. The van der Waals surface area contributed by atoms with E-state index in [1.165, 1.54) is 29.6 Å². The van der Waals surface area contributed by atoms with Gasteiger partial charge >= 0.3 is 0 Å². The Morgan fingerprint density at radius 2 is 1.87 bits per heavy atom. The van der Waals surface area contributed by atoms with Crippen LogP contribution < -0.4 is 4.74 Å². The molecule has 0 spiro atoms. The number of rotatable bonds is 7. The second-order valence-corrected chi connectivity index (χ2v) is 9.49. The summed E-state index contributed by atoms with van der Waals surface area (Å²) in [6, 6.07) is 11.7. The van der Waals surface area contributed by atoms with Crippen LogP contribution >= 0.6 is 11.6 Å². The highest BCUT2D eigenvalue weighted by Gasteiger charge is 2.30. The smallest absolute Gasteiger partial charge is 0.257 e. The van der Waals surface area contributed by atoms with Gasteiger partial charge in [-0.15, -0.1) is 0 Å². The molecule has 1 heterocycles. The highest BCUT2D eigenvalue weighted by atomic mass is 35.5. The van der Waals surface area contributed by atoms with Crippen molar-refractivity contribution < 1.29 is 22.7 Å². The third kappa shape index (κ3) is 5.03. The van der Waals surface area contributed by atoms with Crippen molar-refractivity contribution >= 4 is 27.5 Å². The molecule has 2 aromatic carbocycles. The molecule has 0 bridgehead atoms. The van der Waals surface area contributed by atoms with Crippen molar-refractivity contribution in [3.8, 4) is 5.75 Å². The molecule has 0 aliphatic carbocycles. The van der Waals surface area contributed by atoms with E-state index in [0.717, 1.165) is 5.56 Å². The normalized spacial score (nSPS) is 17.1. The number of methoxy groups -OCH3 is 1. The van der Waals surface area contributed by atoms with E-state index < -0.39 is 10.0 Å². The first-order chi connectivity index (χ1) is 14.8. The molecule has 1 aliphatic heterocycles. The summed E-state index contributed by atoms with van der Waals surface area (Å²) >= 11 is 5.97. The minimum Gasteiger partial charge on any atom is -0.496 e. The van der Waals surface area contributed by atoms with Crippen LogP contribution in [0.1, 0.15) is 35.9 Å². The minimum atomic E-state index is -3.70. The summed E-state index contributed by atoms with van der Waals surface area (Å²) in [6.45, 7) is 5.37. The van der Waals surface area contributed by atoms with Crippen molar-refractivity contribution in [3.05, 3.63) is 58.6 Å². The fourth-order valence-electron chi connectivity index (χ4n) is 3.61. The van der Waals surface area contributed by atoms with E-state index in [9.17, 15) is 13.2 Å². The van der Waals surface area contributed by atoms with Crippen LogP contribution in [-0.4, -0.2) is 63.4 Å². The number of hydrogen-bond acceptors (Lipinski definition) is 5. The fraction of sp³-hybridized carbons (Fsp3) is 0.409. The number of sulfonamides is 1. The van der Waals surface area contributed by atoms with Gasteiger partial charge in [0.2, 0.25) is 10.0 Å². The number of hydrogen-bond donors (Lipinski definition) is 0. The SMILES string of the molecule is CCN(CC)S(=O)(=O)c1ccc(OC)c(C(=O)N2CCOC(c3ccc(Cl)cc3)C2)c1. The van der Waals surface area contributed by atoms with Crippen molar-refractivity contribution in [2.45, 2.75) is 24.8 Å². The van der Waals surface area contributed by atoms with Crippen molar-refractivity contribution in [1.29, 1.82) is 0 Å². The van der Waals surface area contributed by atoms with Gasteiger partial charge in [0.1, 0.15) is 11.9 Å². The Bertz CT molecular complexity index is 1020. The van der Waals surface area contributed by atoms with Gasteiger partial charge in [-0.1, -0.05) is 37.6 Å². The van der Waals surface area contributed by atoms with Crippen LogP contribution in [0.3, 0.4) is 0 Å². The van der Waals surface area contributed by atoms with Gasteiger partial charge in [0.05, 0.1) is 30.7 Å². The Morgan fingerprint density at radius 1 is 1.19 bits per heavy atom. The molecule has 168 valence electrons.